The van der Waals surface area contributed by atoms with Crippen molar-refractivity contribution in [3.8, 4) is 5.75 Å². The maximum absolute atomic E-state index is 12.0. The lowest BCUT2D eigenvalue weighted by molar-refractivity contribution is -0.138. The zero-order chi connectivity index (χ0) is 19.6. The molecule has 1 aliphatic rings. The van der Waals surface area contributed by atoms with Crippen molar-refractivity contribution in [3.05, 3.63) is 52.0 Å². The van der Waals surface area contributed by atoms with E-state index in [1.807, 2.05) is 36.4 Å². The number of carboxylic acid groups (broad SMARTS) is 1. The number of ether oxygens (including phenoxy) is 1. The van der Waals surface area contributed by atoms with Crippen molar-refractivity contribution in [2.45, 2.75) is 22.1 Å². The van der Waals surface area contributed by atoms with Crippen molar-refractivity contribution in [3.63, 3.8) is 0 Å². The van der Waals surface area contributed by atoms with Gasteiger partial charge < -0.3 is 15.2 Å². The summed E-state index contributed by atoms with van der Waals surface area (Å²) in [6.07, 6.45) is 0.625. The Morgan fingerprint density at radius 2 is 1.93 bits per heavy atom. The van der Waals surface area contributed by atoms with Crippen molar-refractivity contribution >= 4 is 46.8 Å². The molecule has 1 aliphatic carbocycles. The highest BCUT2D eigenvalue weighted by molar-refractivity contribution is 7.99. The number of carbonyl (C=O) groups is 2. The normalized spacial score (nSPS) is 18.0. The summed E-state index contributed by atoms with van der Waals surface area (Å²) >= 11 is 14.4. The van der Waals surface area contributed by atoms with Gasteiger partial charge in [0.15, 0.2) is 0 Å². The Bertz CT molecular complexity index is 890. The maximum Gasteiger partial charge on any atom is 0.322 e. The first-order valence-electron chi connectivity index (χ1n) is 8.20. The first-order chi connectivity index (χ1) is 12.9. The third-order valence-corrected chi connectivity index (χ3v) is 6.43. The van der Waals surface area contributed by atoms with Gasteiger partial charge in [-0.2, -0.15) is 0 Å². The van der Waals surface area contributed by atoms with Gasteiger partial charge in [-0.15, -0.1) is 0 Å². The molecule has 0 heterocycles. The topological polar surface area (TPSA) is 75.6 Å². The van der Waals surface area contributed by atoms with Gasteiger partial charge in [-0.3, -0.25) is 9.59 Å². The molecule has 0 saturated heterocycles. The summed E-state index contributed by atoms with van der Waals surface area (Å²) in [5, 5.41) is 11.9. The van der Waals surface area contributed by atoms with E-state index in [0.717, 1.165) is 21.1 Å². The first kappa shape index (κ1) is 19.9. The van der Waals surface area contributed by atoms with Crippen LogP contribution < -0.4 is 10.1 Å². The van der Waals surface area contributed by atoms with Crippen LogP contribution in [0.4, 0.5) is 0 Å². The van der Waals surface area contributed by atoms with Gasteiger partial charge in [-0.05, 0) is 36.1 Å². The number of benzene rings is 2. The quantitative estimate of drug-likeness (QED) is 0.684. The summed E-state index contributed by atoms with van der Waals surface area (Å²) in [5.74, 6) is -0.919. The predicted molar refractivity (Wildman–Crippen MR) is 105 cm³/mol. The minimum Gasteiger partial charge on any atom is -0.496 e. The molecule has 8 heteroatoms. The van der Waals surface area contributed by atoms with Crippen molar-refractivity contribution in [1.29, 1.82) is 0 Å². The third-order valence-electron chi connectivity index (χ3n) is 4.31. The van der Waals surface area contributed by atoms with Crippen LogP contribution in [-0.4, -0.2) is 30.6 Å². The van der Waals surface area contributed by atoms with Crippen molar-refractivity contribution in [2.24, 2.45) is 5.92 Å². The van der Waals surface area contributed by atoms with Crippen LogP contribution in [0.5, 0.6) is 5.75 Å². The van der Waals surface area contributed by atoms with E-state index in [-0.39, 0.29) is 24.3 Å². The Morgan fingerprint density at radius 1 is 1.19 bits per heavy atom. The van der Waals surface area contributed by atoms with Gasteiger partial charge in [-0.1, -0.05) is 53.2 Å². The van der Waals surface area contributed by atoms with Gasteiger partial charge in [-0.25, -0.2) is 0 Å². The van der Waals surface area contributed by atoms with E-state index in [9.17, 15) is 9.59 Å². The highest BCUT2D eigenvalue weighted by Crippen LogP contribution is 2.52. The summed E-state index contributed by atoms with van der Waals surface area (Å²) in [5.41, 5.74) is 0.807. The second-order valence-corrected chi connectivity index (χ2v) is 7.93. The Hall–Kier alpha value is -1.89. The van der Waals surface area contributed by atoms with Gasteiger partial charge in [0.05, 0.1) is 22.1 Å². The molecular formula is C19H17Cl2NO4S. The summed E-state index contributed by atoms with van der Waals surface area (Å²) < 4.78 is 5.36. The van der Waals surface area contributed by atoms with E-state index < -0.39 is 5.97 Å². The predicted octanol–water partition coefficient (Wildman–Crippen LogP) is 4.46. The van der Waals surface area contributed by atoms with Crippen molar-refractivity contribution in [2.75, 3.05) is 13.7 Å². The zero-order valence-electron chi connectivity index (χ0n) is 14.4. The molecule has 2 aromatic carbocycles. The Labute approximate surface area is 171 Å². The maximum atomic E-state index is 12.0. The number of aliphatic carboxylic acids is 1. The van der Waals surface area contributed by atoms with Crippen LogP contribution in [0.2, 0.25) is 10.0 Å². The lowest BCUT2D eigenvalue weighted by Crippen LogP contribution is -2.30. The van der Waals surface area contributed by atoms with E-state index in [2.05, 4.69) is 5.32 Å². The smallest absolute Gasteiger partial charge is 0.322 e. The standard InChI is InChI=1S/C19H17Cl2NO4S/c1-26-13-4-2-3-5-14(13)27-15-7-6-10(17(20)18(15)21)11-8-12(11)19(25)22-9-16(23)24/h2-7,11-12H,8-9H2,1H3,(H,22,25)(H,23,24). The molecule has 0 bridgehead atoms. The number of hydrogen-bond donors (Lipinski definition) is 2. The Kier molecular flexibility index (Phi) is 6.19. The summed E-state index contributed by atoms with van der Waals surface area (Å²) in [4.78, 5) is 24.3. The fraction of sp³-hybridized carbons (Fsp3) is 0.263. The fourth-order valence-corrected chi connectivity index (χ4v) is 4.47. The average molecular weight is 426 g/mol. The molecule has 2 N–H and O–H groups in total. The molecule has 0 aromatic heterocycles. The van der Waals surface area contributed by atoms with E-state index in [0.29, 0.717) is 16.5 Å². The highest BCUT2D eigenvalue weighted by atomic mass is 35.5. The van der Waals surface area contributed by atoms with E-state index in [4.69, 9.17) is 33.0 Å². The molecule has 1 saturated carbocycles. The number of halogens is 2. The van der Waals surface area contributed by atoms with Crippen LogP contribution in [0, 0.1) is 5.92 Å². The molecule has 3 rings (SSSR count). The molecule has 0 aliphatic heterocycles. The van der Waals surface area contributed by atoms with Gasteiger partial charge in [0.1, 0.15) is 12.3 Å². The molecule has 0 spiro atoms. The minimum absolute atomic E-state index is 0.0471. The molecule has 1 amide bonds. The molecule has 2 unspecified atom stereocenters. The van der Waals surface area contributed by atoms with Crippen molar-refractivity contribution in [1.82, 2.24) is 5.32 Å². The number of hydrogen-bond acceptors (Lipinski definition) is 4. The molecule has 27 heavy (non-hydrogen) atoms. The molecule has 142 valence electrons. The van der Waals surface area contributed by atoms with Crippen LogP contribution in [0.25, 0.3) is 0 Å². The Balaban J connectivity index is 1.75. The molecular weight excluding hydrogens is 409 g/mol. The van der Waals surface area contributed by atoms with Crippen LogP contribution in [0.3, 0.4) is 0 Å². The number of carbonyl (C=O) groups excluding carboxylic acids is 1. The minimum atomic E-state index is -1.07. The third kappa shape index (κ3) is 4.51. The molecule has 2 aromatic rings. The number of nitrogens with one attached hydrogen (secondary N) is 1. The number of methoxy groups -OCH3 is 1. The molecule has 2 atom stereocenters. The number of rotatable bonds is 7. The Morgan fingerprint density at radius 3 is 2.63 bits per heavy atom. The second-order valence-electron chi connectivity index (χ2n) is 6.09. The van der Waals surface area contributed by atoms with Crippen LogP contribution >= 0.6 is 35.0 Å². The van der Waals surface area contributed by atoms with Crippen molar-refractivity contribution < 1.29 is 19.4 Å². The summed E-state index contributed by atoms with van der Waals surface area (Å²) in [7, 11) is 1.61. The van der Waals surface area contributed by atoms with E-state index >= 15 is 0 Å². The fourth-order valence-electron chi connectivity index (χ4n) is 2.86. The van der Waals surface area contributed by atoms with Gasteiger partial charge in [0.25, 0.3) is 0 Å². The second kappa shape index (κ2) is 8.42. The summed E-state index contributed by atoms with van der Waals surface area (Å²) in [6.45, 7) is -0.384. The van der Waals surface area contributed by atoms with Crippen LogP contribution in [0.1, 0.15) is 17.9 Å². The summed E-state index contributed by atoms with van der Waals surface area (Å²) in [6, 6.07) is 11.4. The monoisotopic (exact) mass is 425 g/mol. The molecule has 5 nitrogen and oxygen atoms in total. The van der Waals surface area contributed by atoms with E-state index in [1.165, 1.54) is 11.8 Å². The number of para-hydroxylation sites is 1. The highest BCUT2D eigenvalue weighted by Gasteiger charge is 2.45. The van der Waals surface area contributed by atoms with Gasteiger partial charge in [0.2, 0.25) is 5.91 Å². The van der Waals surface area contributed by atoms with E-state index in [1.54, 1.807) is 7.11 Å². The lowest BCUT2D eigenvalue weighted by Gasteiger charge is -2.12. The number of carboxylic acids is 1. The number of amides is 1. The zero-order valence-corrected chi connectivity index (χ0v) is 16.7. The largest absolute Gasteiger partial charge is 0.496 e. The average Bonchev–Trinajstić information content (AvgIpc) is 3.44. The van der Waals surface area contributed by atoms with Crippen LogP contribution in [-0.2, 0) is 9.59 Å². The van der Waals surface area contributed by atoms with Crippen LogP contribution in [0.15, 0.2) is 46.2 Å². The van der Waals surface area contributed by atoms with Gasteiger partial charge in [0, 0.05) is 10.8 Å². The lowest BCUT2D eigenvalue weighted by atomic mass is 10.1. The SMILES string of the molecule is COc1ccccc1Sc1ccc(C2CC2C(=O)NCC(=O)O)c(Cl)c1Cl. The molecule has 0 radical (unpaired) electrons. The van der Waals surface area contributed by atoms with Gasteiger partial charge >= 0.3 is 5.97 Å². The first-order valence-corrected chi connectivity index (χ1v) is 9.78. The molecule has 1 fully saturated rings.